The molecular formula is C29H40N2O7. The predicted molar refractivity (Wildman–Crippen MR) is 147 cm³/mol. The number of rotatable bonds is 12. The molecule has 0 radical (unpaired) electrons. The highest BCUT2D eigenvalue weighted by atomic mass is 16.6. The molecule has 0 saturated heterocycles. The summed E-state index contributed by atoms with van der Waals surface area (Å²) in [4.78, 5) is 37.0. The first-order chi connectivity index (χ1) is 18.2. The SMILES string of the molecule is CC=CC=CCOC(=O)C1=C(C)NC(C)=C(C(=O)OCCCC)C1c1cccc([N+](=O)[O-])c1.CCCCO. The summed E-state index contributed by atoms with van der Waals surface area (Å²) in [5.41, 5.74) is 1.77. The average Bonchev–Trinajstić information content (AvgIpc) is 2.89. The van der Waals surface area contributed by atoms with Gasteiger partial charge in [-0.25, -0.2) is 9.59 Å². The van der Waals surface area contributed by atoms with Crippen LogP contribution in [-0.4, -0.2) is 41.8 Å². The molecule has 0 spiro atoms. The number of nitrogens with zero attached hydrogens (tertiary/aromatic N) is 1. The lowest BCUT2D eigenvalue weighted by Crippen LogP contribution is -2.32. The van der Waals surface area contributed by atoms with Crippen LogP contribution in [0.3, 0.4) is 0 Å². The fraction of sp³-hybridized carbons (Fsp3) is 0.448. The second kappa shape index (κ2) is 17.7. The van der Waals surface area contributed by atoms with Crippen molar-refractivity contribution in [3.8, 4) is 0 Å². The third kappa shape index (κ3) is 9.97. The smallest absolute Gasteiger partial charge is 0.337 e. The van der Waals surface area contributed by atoms with Gasteiger partial charge in [-0.05, 0) is 45.3 Å². The molecule has 1 aliphatic rings. The summed E-state index contributed by atoms with van der Waals surface area (Å²) < 4.78 is 10.9. The van der Waals surface area contributed by atoms with Gasteiger partial charge < -0.3 is 19.9 Å². The van der Waals surface area contributed by atoms with E-state index in [1.807, 2.05) is 26.0 Å². The highest BCUT2D eigenvalue weighted by molar-refractivity contribution is 6.00. The van der Waals surface area contributed by atoms with Crippen molar-refractivity contribution < 1.29 is 29.1 Å². The van der Waals surface area contributed by atoms with Gasteiger partial charge in [0.05, 0.1) is 28.6 Å². The van der Waals surface area contributed by atoms with E-state index in [1.54, 1.807) is 32.1 Å². The van der Waals surface area contributed by atoms with E-state index in [1.165, 1.54) is 18.2 Å². The van der Waals surface area contributed by atoms with Crippen molar-refractivity contribution in [3.63, 3.8) is 0 Å². The molecule has 1 aliphatic heterocycles. The zero-order chi connectivity index (χ0) is 28.5. The molecule has 2 N–H and O–H groups in total. The number of nitrogens with one attached hydrogen (secondary N) is 1. The third-order valence-electron chi connectivity index (χ3n) is 5.61. The van der Waals surface area contributed by atoms with Crippen molar-refractivity contribution in [3.05, 3.63) is 86.8 Å². The summed E-state index contributed by atoms with van der Waals surface area (Å²) in [5, 5.41) is 22.5. The van der Waals surface area contributed by atoms with Gasteiger partial charge in [0.25, 0.3) is 5.69 Å². The molecule has 9 nitrogen and oxygen atoms in total. The van der Waals surface area contributed by atoms with Crippen LogP contribution >= 0.6 is 0 Å². The zero-order valence-electron chi connectivity index (χ0n) is 23.0. The van der Waals surface area contributed by atoms with Crippen molar-refractivity contribution in [1.82, 2.24) is 5.32 Å². The Kier molecular flexibility index (Phi) is 15.0. The number of unbranched alkanes of at least 4 members (excludes halogenated alkanes) is 2. The molecule has 0 aromatic heterocycles. The Morgan fingerprint density at radius 3 is 2.21 bits per heavy atom. The second-order valence-electron chi connectivity index (χ2n) is 8.61. The molecule has 1 aromatic carbocycles. The number of non-ortho nitro benzene ring substituents is 1. The van der Waals surface area contributed by atoms with Crippen molar-refractivity contribution >= 4 is 17.6 Å². The van der Waals surface area contributed by atoms with Gasteiger partial charge in [-0.2, -0.15) is 0 Å². The summed E-state index contributed by atoms with van der Waals surface area (Å²) in [6.45, 7) is 9.96. The number of nitro benzene ring substituents is 1. The summed E-state index contributed by atoms with van der Waals surface area (Å²) >= 11 is 0. The Bertz CT molecular complexity index is 1070. The summed E-state index contributed by atoms with van der Waals surface area (Å²) in [6, 6.07) is 5.92. The van der Waals surface area contributed by atoms with Gasteiger partial charge in [0.15, 0.2) is 0 Å². The van der Waals surface area contributed by atoms with E-state index in [0.717, 1.165) is 19.3 Å². The van der Waals surface area contributed by atoms with Crippen LogP contribution in [0.5, 0.6) is 0 Å². The topological polar surface area (TPSA) is 128 Å². The van der Waals surface area contributed by atoms with E-state index in [-0.39, 0.29) is 30.0 Å². The fourth-order valence-electron chi connectivity index (χ4n) is 3.68. The molecule has 0 aliphatic carbocycles. The zero-order valence-corrected chi connectivity index (χ0v) is 23.0. The van der Waals surface area contributed by atoms with Crippen molar-refractivity contribution in [2.75, 3.05) is 19.8 Å². The van der Waals surface area contributed by atoms with Crippen molar-refractivity contribution in [2.24, 2.45) is 0 Å². The quantitative estimate of drug-likeness (QED) is 0.117. The minimum Gasteiger partial charge on any atom is -0.462 e. The molecule has 0 fully saturated rings. The molecule has 2 rings (SSSR count). The standard InChI is InChI=1S/C25H30N2O6.C4H10O/c1-5-7-9-10-15-33-25(29)22-18(4)26-17(3)21(24(28)32-14-8-6-2)23(22)19-12-11-13-20(16-19)27(30)31;1-2-3-4-5/h5,7,9-13,16,23,26H,6,8,14-15H2,1-4H3;5H,2-4H2,1H3. The number of ether oxygens (including phenoxy) is 2. The van der Waals surface area contributed by atoms with E-state index in [4.69, 9.17) is 14.6 Å². The molecule has 0 amide bonds. The summed E-state index contributed by atoms with van der Waals surface area (Å²) in [7, 11) is 0. The van der Waals surface area contributed by atoms with Gasteiger partial charge in [0.1, 0.15) is 6.61 Å². The van der Waals surface area contributed by atoms with Crippen LogP contribution in [0.1, 0.15) is 71.8 Å². The minimum atomic E-state index is -0.868. The molecule has 0 saturated carbocycles. The second-order valence-corrected chi connectivity index (χ2v) is 8.61. The third-order valence-corrected chi connectivity index (χ3v) is 5.61. The van der Waals surface area contributed by atoms with Gasteiger partial charge in [-0.1, -0.05) is 57.0 Å². The van der Waals surface area contributed by atoms with Gasteiger partial charge in [-0.3, -0.25) is 10.1 Å². The van der Waals surface area contributed by atoms with Crippen LogP contribution < -0.4 is 5.32 Å². The van der Waals surface area contributed by atoms with Crippen LogP contribution in [0.25, 0.3) is 0 Å². The predicted octanol–water partition coefficient (Wildman–Crippen LogP) is 5.63. The first-order valence-corrected chi connectivity index (χ1v) is 12.9. The maximum Gasteiger partial charge on any atom is 0.337 e. The lowest BCUT2D eigenvalue weighted by atomic mass is 9.80. The molecule has 0 bridgehead atoms. The number of carbonyl (C=O) groups excluding carboxylic acids is 2. The van der Waals surface area contributed by atoms with Crippen LogP contribution in [0.4, 0.5) is 5.69 Å². The number of hydrogen-bond acceptors (Lipinski definition) is 8. The van der Waals surface area contributed by atoms with E-state index in [0.29, 0.717) is 30.0 Å². The van der Waals surface area contributed by atoms with E-state index in [9.17, 15) is 19.7 Å². The number of hydrogen-bond donors (Lipinski definition) is 2. The van der Waals surface area contributed by atoms with E-state index >= 15 is 0 Å². The molecular weight excluding hydrogens is 488 g/mol. The lowest BCUT2D eigenvalue weighted by Gasteiger charge is -2.30. The molecule has 38 heavy (non-hydrogen) atoms. The summed E-state index contributed by atoms with van der Waals surface area (Å²) in [5.74, 6) is -2.06. The molecule has 1 heterocycles. The van der Waals surface area contributed by atoms with Gasteiger partial charge in [-0.15, -0.1) is 0 Å². The van der Waals surface area contributed by atoms with Crippen molar-refractivity contribution in [1.29, 1.82) is 0 Å². The molecule has 208 valence electrons. The van der Waals surface area contributed by atoms with Gasteiger partial charge >= 0.3 is 11.9 Å². The highest BCUT2D eigenvalue weighted by Crippen LogP contribution is 2.40. The molecule has 1 aromatic rings. The van der Waals surface area contributed by atoms with Gasteiger partial charge in [0, 0.05) is 30.1 Å². The Morgan fingerprint density at radius 2 is 1.68 bits per heavy atom. The maximum absolute atomic E-state index is 13.1. The Labute approximate surface area is 225 Å². The minimum absolute atomic E-state index is 0.0422. The van der Waals surface area contributed by atoms with Gasteiger partial charge in [0.2, 0.25) is 0 Å². The normalized spacial score (nSPS) is 15.3. The average molecular weight is 529 g/mol. The van der Waals surface area contributed by atoms with Crippen molar-refractivity contribution in [2.45, 2.75) is 66.2 Å². The number of aliphatic hydroxyl groups excluding tert-OH is 1. The number of carbonyl (C=O) groups is 2. The number of dihydropyridines is 1. The first kappa shape index (κ1) is 32.3. The van der Waals surface area contributed by atoms with E-state index < -0.39 is 22.8 Å². The number of aliphatic hydroxyl groups is 1. The van der Waals surface area contributed by atoms with Crippen LogP contribution in [0.15, 0.2) is 71.1 Å². The van der Waals surface area contributed by atoms with E-state index in [2.05, 4.69) is 12.2 Å². The largest absolute Gasteiger partial charge is 0.462 e. The molecule has 1 unspecified atom stereocenters. The number of benzene rings is 1. The first-order valence-electron chi connectivity index (χ1n) is 12.9. The van der Waals surface area contributed by atoms with Crippen LogP contribution in [0, 0.1) is 10.1 Å². The fourth-order valence-corrected chi connectivity index (χ4v) is 3.68. The molecule has 9 heteroatoms. The Balaban J connectivity index is 0.00000132. The number of allylic oxidation sites excluding steroid dienone is 5. The monoisotopic (exact) mass is 528 g/mol. The van der Waals surface area contributed by atoms with Crippen LogP contribution in [-0.2, 0) is 19.1 Å². The lowest BCUT2D eigenvalue weighted by molar-refractivity contribution is -0.384. The Hall–Kier alpha value is -3.72. The maximum atomic E-state index is 13.1. The highest BCUT2D eigenvalue weighted by Gasteiger charge is 2.38. The molecule has 1 atom stereocenters. The van der Waals surface area contributed by atoms with Crippen LogP contribution in [0.2, 0.25) is 0 Å². The number of esters is 2. The summed E-state index contributed by atoms with van der Waals surface area (Å²) in [6.07, 6.45) is 10.7. The Morgan fingerprint density at radius 1 is 1.05 bits per heavy atom. The number of nitro groups is 1.